The number of rotatable bonds is 5. The Morgan fingerprint density at radius 1 is 1.00 bits per heavy atom. The van der Waals surface area contributed by atoms with Crippen molar-refractivity contribution in [1.82, 2.24) is 5.32 Å². The lowest BCUT2D eigenvalue weighted by Gasteiger charge is -2.33. The summed E-state index contributed by atoms with van der Waals surface area (Å²) < 4.78 is 0. The first-order chi connectivity index (χ1) is 7.17. The standard InChI is InChI=1S/C14H29N/c1-5-13(6-2)15-14-9-7-12(8-10-14)11(3)4/h11-15H,5-10H2,1-4H3. The Morgan fingerprint density at radius 3 is 1.93 bits per heavy atom. The molecule has 1 N–H and O–H groups in total. The van der Waals surface area contributed by atoms with E-state index in [-0.39, 0.29) is 0 Å². The first-order valence-electron chi connectivity index (χ1n) is 6.93. The van der Waals surface area contributed by atoms with Crippen LogP contribution in [-0.2, 0) is 0 Å². The Balaban J connectivity index is 2.25. The molecular formula is C14H29N. The number of nitrogens with one attached hydrogen (secondary N) is 1. The summed E-state index contributed by atoms with van der Waals surface area (Å²) in [4.78, 5) is 0. The van der Waals surface area contributed by atoms with Gasteiger partial charge in [-0.25, -0.2) is 0 Å². The average molecular weight is 211 g/mol. The SMILES string of the molecule is CCC(CC)NC1CCC(C(C)C)CC1. The highest BCUT2D eigenvalue weighted by Crippen LogP contribution is 2.30. The van der Waals surface area contributed by atoms with Crippen LogP contribution in [0, 0.1) is 11.8 Å². The predicted molar refractivity (Wildman–Crippen MR) is 68.1 cm³/mol. The van der Waals surface area contributed by atoms with Crippen molar-refractivity contribution in [1.29, 1.82) is 0 Å². The van der Waals surface area contributed by atoms with E-state index in [0.29, 0.717) is 0 Å². The molecule has 1 nitrogen and oxygen atoms in total. The summed E-state index contributed by atoms with van der Waals surface area (Å²) in [6, 6.07) is 1.57. The molecule has 0 saturated heterocycles. The van der Waals surface area contributed by atoms with E-state index >= 15 is 0 Å². The van der Waals surface area contributed by atoms with E-state index in [0.717, 1.165) is 23.9 Å². The van der Waals surface area contributed by atoms with Gasteiger partial charge in [0.25, 0.3) is 0 Å². The minimum absolute atomic E-state index is 0.755. The molecule has 90 valence electrons. The highest BCUT2D eigenvalue weighted by Gasteiger charge is 2.23. The van der Waals surface area contributed by atoms with Gasteiger partial charge in [0.1, 0.15) is 0 Å². The lowest BCUT2D eigenvalue weighted by atomic mass is 9.79. The minimum Gasteiger partial charge on any atom is -0.311 e. The molecule has 0 spiro atoms. The molecule has 1 heteroatoms. The molecule has 0 bridgehead atoms. The summed E-state index contributed by atoms with van der Waals surface area (Å²) in [5.74, 6) is 1.88. The van der Waals surface area contributed by atoms with Crippen LogP contribution in [0.15, 0.2) is 0 Å². The number of hydrogen-bond donors (Lipinski definition) is 1. The van der Waals surface area contributed by atoms with Gasteiger partial charge in [0.2, 0.25) is 0 Å². The molecule has 0 aromatic carbocycles. The smallest absolute Gasteiger partial charge is 0.00698 e. The van der Waals surface area contributed by atoms with E-state index in [9.17, 15) is 0 Å². The van der Waals surface area contributed by atoms with Gasteiger partial charge in [-0.3, -0.25) is 0 Å². The van der Waals surface area contributed by atoms with E-state index in [1.54, 1.807) is 0 Å². The second kappa shape index (κ2) is 6.52. The molecule has 0 unspecified atom stereocenters. The van der Waals surface area contributed by atoms with Crippen molar-refractivity contribution < 1.29 is 0 Å². The summed E-state index contributed by atoms with van der Waals surface area (Å²) in [7, 11) is 0. The third-order valence-electron chi connectivity index (χ3n) is 4.17. The van der Waals surface area contributed by atoms with Crippen LogP contribution in [-0.4, -0.2) is 12.1 Å². The summed E-state index contributed by atoms with van der Waals surface area (Å²) in [6.07, 6.45) is 8.24. The monoisotopic (exact) mass is 211 g/mol. The Labute approximate surface area is 96.0 Å². The van der Waals surface area contributed by atoms with Gasteiger partial charge in [-0.1, -0.05) is 27.7 Å². The molecule has 0 aliphatic heterocycles. The van der Waals surface area contributed by atoms with Crippen LogP contribution in [0.3, 0.4) is 0 Å². The molecule has 15 heavy (non-hydrogen) atoms. The van der Waals surface area contributed by atoms with Gasteiger partial charge in [0.05, 0.1) is 0 Å². The molecule has 1 rings (SSSR count). The Kier molecular flexibility index (Phi) is 5.66. The fraction of sp³-hybridized carbons (Fsp3) is 1.00. The Morgan fingerprint density at radius 2 is 1.53 bits per heavy atom. The first-order valence-corrected chi connectivity index (χ1v) is 6.93. The molecule has 0 amide bonds. The topological polar surface area (TPSA) is 12.0 Å². The minimum atomic E-state index is 0.755. The molecule has 0 radical (unpaired) electrons. The molecule has 0 aromatic rings. The van der Waals surface area contributed by atoms with Crippen LogP contribution in [0.25, 0.3) is 0 Å². The van der Waals surface area contributed by atoms with Crippen LogP contribution in [0.4, 0.5) is 0 Å². The second-order valence-corrected chi connectivity index (χ2v) is 5.54. The van der Waals surface area contributed by atoms with Crippen molar-refractivity contribution in [3.8, 4) is 0 Å². The van der Waals surface area contributed by atoms with Crippen molar-refractivity contribution in [3.05, 3.63) is 0 Å². The summed E-state index contributed by atoms with van der Waals surface area (Å²) in [5, 5.41) is 3.81. The van der Waals surface area contributed by atoms with Crippen LogP contribution < -0.4 is 5.32 Å². The fourth-order valence-corrected chi connectivity index (χ4v) is 2.81. The van der Waals surface area contributed by atoms with E-state index in [1.165, 1.54) is 38.5 Å². The average Bonchev–Trinajstić information content (AvgIpc) is 2.26. The van der Waals surface area contributed by atoms with Crippen molar-refractivity contribution in [3.63, 3.8) is 0 Å². The molecule has 1 saturated carbocycles. The first kappa shape index (κ1) is 13.0. The zero-order valence-corrected chi connectivity index (χ0v) is 11.1. The molecule has 1 aliphatic rings. The van der Waals surface area contributed by atoms with E-state index < -0.39 is 0 Å². The maximum atomic E-state index is 3.81. The molecule has 1 fully saturated rings. The van der Waals surface area contributed by atoms with Gasteiger partial charge >= 0.3 is 0 Å². The van der Waals surface area contributed by atoms with Gasteiger partial charge in [-0.05, 0) is 50.4 Å². The molecular weight excluding hydrogens is 182 g/mol. The maximum Gasteiger partial charge on any atom is 0.00698 e. The second-order valence-electron chi connectivity index (χ2n) is 5.54. The molecule has 0 heterocycles. The lowest BCUT2D eigenvalue weighted by molar-refractivity contribution is 0.226. The van der Waals surface area contributed by atoms with Gasteiger partial charge in [-0.2, -0.15) is 0 Å². The normalized spacial score (nSPS) is 27.6. The van der Waals surface area contributed by atoms with Crippen molar-refractivity contribution >= 4 is 0 Å². The van der Waals surface area contributed by atoms with Crippen LogP contribution in [0.5, 0.6) is 0 Å². The highest BCUT2D eigenvalue weighted by atomic mass is 14.9. The van der Waals surface area contributed by atoms with E-state index in [1.807, 2.05) is 0 Å². The molecule has 1 aliphatic carbocycles. The van der Waals surface area contributed by atoms with Gasteiger partial charge in [-0.15, -0.1) is 0 Å². The summed E-state index contributed by atoms with van der Waals surface area (Å²) >= 11 is 0. The van der Waals surface area contributed by atoms with Crippen molar-refractivity contribution in [2.45, 2.75) is 78.3 Å². The molecule has 0 aromatic heterocycles. The van der Waals surface area contributed by atoms with E-state index in [4.69, 9.17) is 0 Å². The fourth-order valence-electron chi connectivity index (χ4n) is 2.81. The Hall–Kier alpha value is -0.0400. The summed E-state index contributed by atoms with van der Waals surface area (Å²) in [5.41, 5.74) is 0. The van der Waals surface area contributed by atoms with Gasteiger partial charge < -0.3 is 5.32 Å². The quantitative estimate of drug-likeness (QED) is 0.725. The Bertz CT molecular complexity index is 153. The third kappa shape index (κ3) is 4.14. The zero-order valence-electron chi connectivity index (χ0n) is 11.1. The third-order valence-corrected chi connectivity index (χ3v) is 4.17. The zero-order chi connectivity index (χ0) is 11.3. The molecule has 0 atom stereocenters. The maximum absolute atomic E-state index is 3.81. The van der Waals surface area contributed by atoms with E-state index in [2.05, 4.69) is 33.0 Å². The summed E-state index contributed by atoms with van der Waals surface area (Å²) in [6.45, 7) is 9.33. The van der Waals surface area contributed by atoms with Crippen LogP contribution >= 0.6 is 0 Å². The van der Waals surface area contributed by atoms with Crippen LogP contribution in [0.2, 0.25) is 0 Å². The van der Waals surface area contributed by atoms with Crippen molar-refractivity contribution in [2.75, 3.05) is 0 Å². The lowest BCUT2D eigenvalue weighted by Crippen LogP contribution is -2.40. The number of hydrogen-bond acceptors (Lipinski definition) is 1. The van der Waals surface area contributed by atoms with Gasteiger partial charge in [0, 0.05) is 12.1 Å². The largest absolute Gasteiger partial charge is 0.311 e. The van der Waals surface area contributed by atoms with Gasteiger partial charge in [0.15, 0.2) is 0 Å². The van der Waals surface area contributed by atoms with Crippen molar-refractivity contribution in [2.24, 2.45) is 11.8 Å². The highest BCUT2D eigenvalue weighted by molar-refractivity contribution is 4.80. The van der Waals surface area contributed by atoms with Crippen LogP contribution in [0.1, 0.15) is 66.2 Å². The predicted octanol–water partition coefficient (Wildman–Crippen LogP) is 3.98.